The number of hydrogen-bond donors (Lipinski definition) is 2. The first kappa shape index (κ1) is 23.4. The highest BCUT2D eigenvalue weighted by Gasteiger charge is 2.32. The van der Waals surface area contributed by atoms with Gasteiger partial charge in [0, 0.05) is 45.2 Å². The van der Waals surface area contributed by atoms with Crippen LogP contribution in [0.25, 0.3) is 0 Å². The van der Waals surface area contributed by atoms with E-state index in [4.69, 9.17) is 4.74 Å². The van der Waals surface area contributed by atoms with Gasteiger partial charge in [0.25, 0.3) is 0 Å². The normalized spacial score (nSPS) is 19.8. The molecule has 1 aliphatic heterocycles. The average molecular weight is 430 g/mol. The molecule has 1 aromatic carbocycles. The minimum absolute atomic E-state index is 0.259. The number of likely N-dealkylation sites (tertiary alicyclic amines) is 1. The molecule has 0 bridgehead atoms. The summed E-state index contributed by atoms with van der Waals surface area (Å²) in [6.07, 6.45) is 6.52. The van der Waals surface area contributed by atoms with Crippen molar-refractivity contribution in [3.63, 3.8) is 0 Å². The van der Waals surface area contributed by atoms with Gasteiger partial charge in [0.1, 0.15) is 5.75 Å². The number of carbonyl (C=O) groups excluding carboxylic acids is 1. The van der Waals surface area contributed by atoms with Crippen molar-refractivity contribution in [3.8, 4) is 5.75 Å². The minimum atomic E-state index is 0.259. The van der Waals surface area contributed by atoms with Gasteiger partial charge in [-0.3, -0.25) is 9.79 Å². The van der Waals surface area contributed by atoms with Crippen molar-refractivity contribution in [2.24, 2.45) is 10.9 Å². The second-order valence-corrected chi connectivity index (χ2v) is 8.97. The second-order valence-electron chi connectivity index (χ2n) is 8.97. The van der Waals surface area contributed by atoms with Gasteiger partial charge in [0.15, 0.2) is 5.96 Å². The monoisotopic (exact) mass is 429 g/mol. The van der Waals surface area contributed by atoms with E-state index in [-0.39, 0.29) is 12.0 Å². The molecule has 1 aliphatic carbocycles. The van der Waals surface area contributed by atoms with Crippen LogP contribution >= 0.6 is 0 Å². The van der Waals surface area contributed by atoms with Crippen LogP contribution < -0.4 is 15.4 Å². The van der Waals surface area contributed by atoms with E-state index in [1.807, 2.05) is 17.0 Å². The first-order chi connectivity index (χ1) is 15.0. The van der Waals surface area contributed by atoms with E-state index in [1.165, 1.54) is 18.4 Å². The highest BCUT2D eigenvalue weighted by molar-refractivity contribution is 5.81. The van der Waals surface area contributed by atoms with E-state index in [9.17, 15) is 4.79 Å². The molecule has 1 heterocycles. The SMILES string of the molecule is CN=C(NCc1ccc(OCCCN(C)C)cc1)NC1CCN(C(=O)C2CCCC2)C1. The standard InChI is InChI=1S/C24H39N5O2/c1-25-24(27-21-13-15-29(18-21)23(30)20-7-4-5-8-20)26-17-19-9-11-22(12-10-19)31-16-6-14-28(2)3/h9-12,20-21H,4-8,13-18H2,1-3H3,(H2,25,26,27). The number of ether oxygens (including phenoxy) is 1. The summed E-state index contributed by atoms with van der Waals surface area (Å²) in [5, 5.41) is 6.87. The molecule has 7 heteroatoms. The number of benzene rings is 1. The smallest absolute Gasteiger partial charge is 0.225 e. The Bertz CT molecular complexity index is 713. The quantitative estimate of drug-likeness (QED) is 0.359. The predicted octanol–water partition coefficient (Wildman–Crippen LogP) is 2.47. The summed E-state index contributed by atoms with van der Waals surface area (Å²) in [6, 6.07) is 8.46. The molecule has 1 unspecified atom stereocenters. The topological polar surface area (TPSA) is 69.2 Å². The molecule has 172 valence electrons. The Morgan fingerprint density at radius 2 is 1.94 bits per heavy atom. The Morgan fingerprint density at radius 3 is 2.61 bits per heavy atom. The van der Waals surface area contributed by atoms with Gasteiger partial charge in [0.05, 0.1) is 6.61 Å². The predicted molar refractivity (Wildman–Crippen MR) is 125 cm³/mol. The molecule has 1 aromatic rings. The molecular formula is C24H39N5O2. The third kappa shape index (κ3) is 7.42. The Morgan fingerprint density at radius 1 is 1.19 bits per heavy atom. The van der Waals surface area contributed by atoms with Gasteiger partial charge in [-0.05, 0) is 57.5 Å². The van der Waals surface area contributed by atoms with Crippen molar-refractivity contribution in [1.82, 2.24) is 20.4 Å². The zero-order chi connectivity index (χ0) is 22.1. The van der Waals surface area contributed by atoms with E-state index in [1.54, 1.807) is 7.05 Å². The summed E-state index contributed by atoms with van der Waals surface area (Å²) in [5.41, 5.74) is 1.17. The maximum atomic E-state index is 12.6. The molecule has 31 heavy (non-hydrogen) atoms. The van der Waals surface area contributed by atoms with Gasteiger partial charge < -0.3 is 25.2 Å². The van der Waals surface area contributed by atoms with Gasteiger partial charge in [-0.2, -0.15) is 0 Å². The molecule has 3 rings (SSSR count). The van der Waals surface area contributed by atoms with Crippen LogP contribution in [-0.4, -0.2) is 75.1 Å². The molecule has 1 saturated carbocycles. The molecule has 0 aromatic heterocycles. The molecular weight excluding hydrogens is 390 g/mol. The van der Waals surface area contributed by atoms with Crippen LogP contribution in [0.3, 0.4) is 0 Å². The zero-order valence-corrected chi connectivity index (χ0v) is 19.4. The third-order valence-corrected chi connectivity index (χ3v) is 6.17. The molecule has 0 radical (unpaired) electrons. The highest BCUT2D eigenvalue weighted by Crippen LogP contribution is 2.27. The van der Waals surface area contributed by atoms with E-state index < -0.39 is 0 Å². The van der Waals surface area contributed by atoms with Gasteiger partial charge in [-0.25, -0.2) is 0 Å². The number of rotatable bonds is 9. The highest BCUT2D eigenvalue weighted by atomic mass is 16.5. The molecule has 2 aliphatic rings. The maximum Gasteiger partial charge on any atom is 0.225 e. The number of guanidine groups is 1. The summed E-state index contributed by atoms with van der Waals surface area (Å²) >= 11 is 0. The Kier molecular flexibility index (Phi) is 9.00. The van der Waals surface area contributed by atoms with E-state index in [0.717, 1.165) is 63.6 Å². The third-order valence-electron chi connectivity index (χ3n) is 6.17. The van der Waals surface area contributed by atoms with E-state index in [2.05, 4.69) is 46.8 Å². The molecule has 7 nitrogen and oxygen atoms in total. The lowest BCUT2D eigenvalue weighted by atomic mass is 10.1. The maximum absolute atomic E-state index is 12.6. The summed E-state index contributed by atoms with van der Waals surface area (Å²) in [7, 11) is 5.93. The Hall–Kier alpha value is -2.28. The first-order valence-corrected chi connectivity index (χ1v) is 11.7. The second kappa shape index (κ2) is 11.9. The molecule has 1 saturated heterocycles. The van der Waals surface area contributed by atoms with Crippen molar-refractivity contribution >= 4 is 11.9 Å². The lowest BCUT2D eigenvalue weighted by Crippen LogP contribution is -2.45. The lowest BCUT2D eigenvalue weighted by molar-refractivity contribution is -0.134. The van der Waals surface area contributed by atoms with Gasteiger partial charge >= 0.3 is 0 Å². The van der Waals surface area contributed by atoms with Crippen molar-refractivity contribution in [3.05, 3.63) is 29.8 Å². The van der Waals surface area contributed by atoms with Gasteiger partial charge in [-0.1, -0.05) is 25.0 Å². The van der Waals surface area contributed by atoms with Gasteiger partial charge in [-0.15, -0.1) is 0 Å². The Balaban J connectivity index is 1.38. The Labute approximate surface area is 187 Å². The lowest BCUT2D eigenvalue weighted by Gasteiger charge is -2.21. The number of nitrogens with zero attached hydrogens (tertiary/aromatic N) is 3. The molecule has 1 atom stereocenters. The van der Waals surface area contributed by atoms with Crippen molar-refractivity contribution in [2.75, 3.05) is 47.4 Å². The number of amides is 1. The number of carbonyl (C=O) groups is 1. The van der Waals surface area contributed by atoms with Gasteiger partial charge in [0.2, 0.25) is 5.91 Å². The van der Waals surface area contributed by atoms with Crippen LogP contribution in [0.15, 0.2) is 29.3 Å². The van der Waals surface area contributed by atoms with Crippen LogP contribution in [0.4, 0.5) is 0 Å². The number of hydrogen-bond acceptors (Lipinski definition) is 4. The molecule has 2 fully saturated rings. The molecule has 2 N–H and O–H groups in total. The van der Waals surface area contributed by atoms with Crippen LogP contribution in [0, 0.1) is 5.92 Å². The summed E-state index contributed by atoms with van der Waals surface area (Å²) in [4.78, 5) is 21.2. The fraction of sp³-hybridized carbons (Fsp3) is 0.667. The van der Waals surface area contributed by atoms with Crippen LogP contribution in [-0.2, 0) is 11.3 Å². The molecule has 0 spiro atoms. The average Bonchev–Trinajstić information content (AvgIpc) is 3.47. The van der Waals surface area contributed by atoms with Crippen LogP contribution in [0.2, 0.25) is 0 Å². The van der Waals surface area contributed by atoms with E-state index >= 15 is 0 Å². The summed E-state index contributed by atoms with van der Waals surface area (Å²) in [5.74, 6) is 2.30. The van der Waals surface area contributed by atoms with Crippen LogP contribution in [0.1, 0.15) is 44.1 Å². The molecule has 1 amide bonds. The van der Waals surface area contributed by atoms with Crippen molar-refractivity contribution in [2.45, 2.75) is 51.1 Å². The fourth-order valence-electron chi connectivity index (χ4n) is 4.36. The first-order valence-electron chi connectivity index (χ1n) is 11.7. The summed E-state index contributed by atoms with van der Waals surface area (Å²) < 4.78 is 5.80. The zero-order valence-electron chi connectivity index (χ0n) is 19.4. The fourth-order valence-corrected chi connectivity index (χ4v) is 4.36. The summed E-state index contributed by atoms with van der Waals surface area (Å²) in [6.45, 7) is 4.07. The van der Waals surface area contributed by atoms with E-state index in [0.29, 0.717) is 12.5 Å². The van der Waals surface area contributed by atoms with Crippen LogP contribution in [0.5, 0.6) is 5.75 Å². The van der Waals surface area contributed by atoms with Crippen molar-refractivity contribution in [1.29, 1.82) is 0 Å². The number of aliphatic imine (C=N–C) groups is 1. The largest absolute Gasteiger partial charge is 0.494 e. The minimum Gasteiger partial charge on any atom is -0.494 e. The van der Waals surface area contributed by atoms with Crippen molar-refractivity contribution < 1.29 is 9.53 Å². The number of nitrogens with one attached hydrogen (secondary N) is 2.